The van der Waals surface area contributed by atoms with E-state index in [1.165, 1.54) is 12.1 Å². The van der Waals surface area contributed by atoms with Crippen LogP contribution in [-0.4, -0.2) is 51.1 Å². The number of morpholine rings is 1. The third-order valence-corrected chi connectivity index (χ3v) is 5.51. The maximum absolute atomic E-state index is 12.4. The molecular formula is C16H24N2O4S. The summed E-state index contributed by atoms with van der Waals surface area (Å²) in [6.07, 6.45) is 0.734. The number of nitrogens with zero attached hydrogens (tertiary/aromatic N) is 1. The molecule has 0 radical (unpaired) electrons. The third-order valence-electron chi connectivity index (χ3n) is 3.91. The first-order chi connectivity index (χ1) is 10.8. The summed E-state index contributed by atoms with van der Waals surface area (Å²) in [5.41, 5.74) is 0.488. The molecule has 1 saturated heterocycles. The van der Waals surface area contributed by atoms with Gasteiger partial charge in [0.2, 0.25) is 10.0 Å². The van der Waals surface area contributed by atoms with Crippen molar-refractivity contribution in [2.45, 2.75) is 44.2 Å². The molecule has 1 aliphatic rings. The van der Waals surface area contributed by atoms with E-state index in [1.807, 2.05) is 20.8 Å². The number of carbonyl (C=O) groups excluding carboxylic acids is 1. The quantitative estimate of drug-likeness (QED) is 0.884. The van der Waals surface area contributed by atoms with Crippen LogP contribution in [0.1, 0.15) is 37.6 Å². The molecule has 7 heteroatoms. The predicted molar refractivity (Wildman–Crippen MR) is 87.8 cm³/mol. The van der Waals surface area contributed by atoms with Crippen LogP contribution in [0, 0.1) is 0 Å². The number of sulfonamides is 1. The molecule has 1 aromatic carbocycles. The number of amides is 1. The highest BCUT2D eigenvalue weighted by Crippen LogP contribution is 2.15. The number of benzene rings is 1. The first-order valence-electron chi connectivity index (χ1n) is 7.86. The Hall–Kier alpha value is -1.44. The topological polar surface area (TPSA) is 75.7 Å². The molecule has 0 saturated carbocycles. The van der Waals surface area contributed by atoms with Crippen molar-refractivity contribution in [1.82, 2.24) is 9.62 Å². The summed E-state index contributed by atoms with van der Waals surface area (Å²) >= 11 is 0. The monoisotopic (exact) mass is 340 g/mol. The molecule has 2 rings (SSSR count). The van der Waals surface area contributed by atoms with Gasteiger partial charge in [0, 0.05) is 24.7 Å². The van der Waals surface area contributed by atoms with Crippen molar-refractivity contribution < 1.29 is 17.9 Å². The summed E-state index contributed by atoms with van der Waals surface area (Å²) in [4.78, 5) is 14.3. The van der Waals surface area contributed by atoms with Crippen LogP contribution < -0.4 is 4.72 Å². The van der Waals surface area contributed by atoms with Crippen LogP contribution in [0.25, 0.3) is 0 Å². The molecule has 1 fully saturated rings. The van der Waals surface area contributed by atoms with Crippen LogP contribution in [0.4, 0.5) is 0 Å². The minimum Gasteiger partial charge on any atom is -0.375 e. The number of rotatable bonds is 5. The molecule has 1 N–H and O–H groups in total. The Balaban J connectivity index is 2.11. The van der Waals surface area contributed by atoms with Crippen molar-refractivity contribution >= 4 is 15.9 Å². The summed E-state index contributed by atoms with van der Waals surface area (Å²) in [5.74, 6) is -0.0982. The summed E-state index contributed by atoms with van der Waals surface area (Å²) in [6.45, 7) is 7.29. The normalized spacial score (nSPS) is 20.3. The second kappa shape index (κ2) is 7.42. The van der Waals surface area contributed by atoms with E-state index >= 15 is 0 Å². The Bertz CT molecular complexity index is 643. The largest absolute Gasteiger partial charge is 0.375 e. The molecule has 2 atom stereocenters. The van der Waals surface area contributed by atoms with Gasteiger partial charge in [-0.2, -0.15) is 0 Å². The maximum Gasteiger partial charge on any atom is 0.254 e. The molecular weight excluding hydrogens is 316 g/mol. The highest BCUT2D eigenvalue weighted by molar-refractivity contribution is 7.89. The van der Waals surface area contributed by atoms with Gasteiger partial charge in [0.25, 0.3) is 5.91 Å². The Labute approximate surface area is 137 Å². The van der Waals surface area contributed by atoms with Crippen molar-refractivity contribution in [1.29, 1.82) is 0 Å². The molecule has 6 nitrogen and oxygen atoms in total. The first kappa shape index (κ1) is 17.9. The zero-order valence-electron chi connectivity index (χ0n) is 13.8. The minimum atomic E-state index is -3.54. The minimum absolute atomic E-state index is 0.0204. The van der Waals surface area contributed by atoms with E-state index in [4.69, 9.17) is 4.74 Å². The van der Waals surface area contributed by atoms with E-state index in [-0.39, 0.29) is 22.9 Å². The molecule has 128 valence electrons. The fraction of sp³-hybridized carbons (Fsp3) is 0.562. The van der Waals surface area contributed by atoms with Crippen molar-refractivity contribution in [3.05, 3.63) is 29.8 Å². The van der Waals surface area contributed by atoms with Crippen molar-refractivity contribution in [3.8, 4) is 0 Å². The Morgan fingerprint density at radius 3 is 2.61 bits per heavy atom. The van der Waals surface area contributed by atoms with Gasteiger partial charge in [0.15, 0.2) is 0 Å². The second-order valence-corrected chi connectivity index (χ2v) is 7.60. The molecule has 0 spiro atoms. The van der Waals surface area contributed by atoms with Crippen LogP contribution in [0.15, 0.2) is 29.2 Å². The maximum atomic E-state index is 12.4. The molecule has 0 unspecified atom stereocenters. The highest BCUT2D eigenvalue weighted by Gasteiger charge is 2.23. The van der Waals surface area contributed by atoms with Gasteiger partial charge in [-0.3, -0.25) is 4.79 Å². The average molecular weight is 340 g/mol. The SMILES string of the molecule is CC[C@@H](C)NS(=O)(=O)c1ccc(C(=O)N2CCO[C@H](C)C2)cc1. The third kappa shape index (κ3) is 4.53. The van der Waals surface area contributed by atoms with Crippen LogP contribution in [-0.2, 0) is 14.8 Å². The lowest BCUT2D eigenvalue weighted by atomic mass is 10.2. The van der Waals surface area contributed by atoms with Gasteiger partial charge in [-0.1, -0.05) is 6.92 Å². The molecule has 1 aliphatic heterocycles. The van der Waals surface area contributed by atoms with E-state index in [0.29, 0.717) is 31.7 Å². The van der Waals surface area contributed by atoms with E-state index in [0.717, 1.165) is 0 Å². The standard InChI is InChI=1S/C16H24N2O4S/c1-4-12(2)17-23(20,21)15-7-5-14(6-8-15)16(19)18-9-10-22-13(3)11-18/h5-8,12-13,17H,4,9-11H2,1-3H3/t12-,13-/m1/s1. The Morgan fingerprint density at radius 2 is 2.04 bits per heavy atom. The van der Waals surface area contributed by atoms with E-state index < -0.39 is 10.0 Å². The van der Waals surface area contributed by atoms with E-state index in [1.54, 1.807) is 17.0 Å². The number of nitrogens with one attached hydrogen (secondary N) is 1. The fourth-order valence-electron chi connectivity index (χ4n) is 2.38. The summed E-state index contributed by atoms with van der Waals surface area (Å²) in [6, 6.07) is 5.95. The van der Waals surface area contributed by atoms with Crippen molar-refractivity contribution in [2.24, 2.45) is 0 Å². The lowest BCUT2D eigenvalue weighted by Crippen LogP contribution is -2.44. The van der Waals surface area contributed by atoms with Gasteiger partial charge in [-0.05, 0) is 44.5 Å². The molecule has 0 aliphatic carbocycles. The van der Waals surface area contributed by atoms with Gasteiger partial charge in [-0.15, -0.1) is 0 Å². The van der Waals surface area contributed by atoms with E-state index in [9.17, 15) is 13.2 Å². The highest BCUT2D eigenvalue weighted by atomic mass is 32.2. The molecule has 0 aromatic heterocycles. The predicted octanol–water partition coefficient (Wildman–Crippen LogP) is 1.62. The van der Waals surface area contributed by atoms with Gasteiger partial charge < -0.3 is 9.64 Å². The van der Waals surface area contributed by atoms with Crippen LogP contribution in [0.3, 0.4) is 0 Å². The second-order valence-electron chi connectivity index (χ2n) is 5.89. The molecule has 1 heterocycles. The van der Waals surface area contributed by atoms with Gasteiger partial charge in [0.1, 0.15) is 0 Å². The van der Waals surface area contributed by atoms with Crippen molar-refractivity contribution in [2.75, 3.05) is 19.7 Å². The lowest BCUT2D eigenvalue weighted by molar-refractivity contribution is -0.0124. The summed E-state index contributed by atoms with van der Waals surface area (Å²) in [5, 5.41) is 0. The Kier molecular flexibility index (Phi) is 5.78. The van der Waals surface area contributed by atoms with Crippen LogP contribution in [0.2, 0.25) is 0 Å². The number of ether oxygens (including phenoxy) is 1. The zero-order chi connectivity index (χ0) is 17.0. The van der Waals surface area contributed by atoms with E-state index in [2.05, 4.69) is 4.72 Å². The lowest BCUT2D eigenvalue weighted by Gasteiger charge is -2.31. The number of carbonyl (C=O) groups is 1. The number of hydrogen-bond acceptors (Lipinski definition) is 4. The average Bonchev–Trinajstić information content (AvgIpc) is 2.53. The zero-order valence-corrected chi connectivity index (χ0v) is 14.6. The molecule has 0 bridgehead atoms. The van der Waals surface area contributed by atoms with Crippen LogP contribution in [0.5, 0.6) is 0 Å². The van der Waals surface area contributed by atoms with Crippen LogP contribution >= 0.6 is 0 Å². The van der Waals surface area contributed by atoms with Gasteiger partial charge in [-0.25, -0.2) is 13.1 Å². The summed E-state index contributed by atoms with van der Waals surface area (Å²) < 4.78 is 32.4. The van der Waals surface area contributed by atoms with Gasteiger partial charge in [0.05, 0.1) is 17.6 Å². The molecule has 23 heavy (non-hydrogen) atoms. The number of hydrogen-bond donors (Lipinski definition) is 1. The molecule has 1 aromatic rings. The molecule has 1 amide bonds. The fourth-order valence-corrected chi connectivity index (χ4v) is 3.71. The summed E-state index contributed by atoms with van der Waals surface area (Å²) in [7, 11) is -3.54. The van der Waals surface area contributed by atoms with Gasteiger partial charge >= 0.3 is 0 Å². The first-order valence-corrected chi connectivity index (χ1v) is 9.35. The smallest absolute Gasteiger partial charge is 0.254 e. The van der Waals surface area contributed by atoms with Crippen molar-refractivity contribution in [3.63, 3.8) is 0 Å². The Morgan fingerprint density at radius 1 is 1.39 bits per heavy atom.